The first-order chi connectivity index (χ1) is 8.16. The summed E-state index contributed by atoms with van der Waals surface area (Å²) in [7, 11) is 0. The standard InChI is InChI=1S/C13H15BrN2S/c1-9(2)7-15-13-16-8-12(17-13)10-5-3-4-6-11(10)14/h3-6,8-9H,7H2,1-2H3,(H,15,16). The van der Waals surface area contributed by atoms with E-state index in [4.69, 9.17) is 0 Å². The maximum absolute atomic E-state index is 4.39. The number of benzene rings is 1. The molecule has 90 valence electrons. The zero-order valence-corrected chi connectivity index (χ0v) is 12.3. The average Bonchev–Trinajstić information content (AvgIpc) is 2.75. The molecule has 2 rings (SSSR count). The van der Waals surface area contributed by atoms with Gasteiger partial charge >= 0.3 is 0 Å². The fourth-order valence-corrected chi connectivity index (χ4v) is 2.92. The van der Waals surface area contributed by atoms with Gasteiger partial charge in [-0.15, -0.1) is 0 Å². The first-order valence-corrected chi connectivity index (χ1v) is 7.22. The Labute approximate surface area is 114 Å². The molecule has 0 amide bonds. The monoisotopic (exact) mass is 310 g/mol. The zero-order valence-electron chi connectivity index (χ0n) is 9.90. The number of hydrogen-bond donors (Lipinski definition) is 1. The third-order valence-corrected chi connectivity index (χ3v) is 3.99. The van der Waals surface area contributed by atoms with E-state index in [1.807, 2.05) is 18.3 Å². The molecule has 0 aliphatic carbocycles. The lowest BCUT2D eigenvalue weighted by Gasteiger charge is -2.04. The highest BCUT2D eigenvalue weighted by Crippen LogP contribution is 2.33. The van der Waals surface area contributed by atoms with Crippen molar-refractivity contribution in [2.75, 3.05) is 11.9 Å². The smallest absolute Gasteiger partial charge is 0.183 e. The Morgan fingerprint density at radius 3 is 2.82 bits per heavy atom. The van der Waals surface area contributed by atoms with E-state index in [-0.39, 0.29) is 0 Å². The summed E-state index contributed by atoms with van der Waals surface area (Å²) in [6.07, 6.45) is 1.92. The van der Waals surface area contributed by atoms with Crippen molar-refractivity contribution >= 4 is 32.4 Å². The maximum Gasteiger partial charge on any atom is 0.183 e. The number of hydrogen-bond acceptors (Lipinski definition) is 3. The number of nitrogens with zero attached hydrogens (tertiary/aromatic N) is 1. The Balaban J connectivity index is 2.16. The van der Waals surface area contributed by atoms with E-state index in [2.05, 4.69) is 52.2 Å². The summed E-state index contributed by atoms with van der Waals surface area (Å²) in [4.78, 5) is 5.58. The van der Waals surface area contributed by atoms with Crippen molar-refractivity contribution < 1.29 is 0 Å². The second-order valence-electron chi connectivity index (χ2n) is 4.28. The van der Waals surface area contributed by atoms with Gasteiger partial charge in [0.2, 0.25) is 0 Å². The van der Waals surface area contributed by atoms with Crippen molar-refractivity contribution in [2.24, 2.45) is 5.92 Å². The van der Waals surface area contributed by atoms with Crippen LogP contribution >= 0.6 is 27.3 Å². The van der Waals surface area contributed by atoms with Gasteiger partial charge < -0.3 is 5.32 Å². The molecule has 1 heterocycles. The Bertz CT molecular complexity index is 494. The molecule has 0 aliphatic rings. The van der Waals surface area contributed by atoms with Crippen molar-refractivity contribution in [3.63, 3.8) is 0 Å². The van der Waals surface area contributed by atoms with Crippen LogP contribution in [0.5, 0.6) is 0 Å². The highest BCUT2D eigenvalue weighted by molar-refractivity contribution is 9.10. The number of aromatic nitrogens is 1. The third-order valence-electron chi connectivity index (χ3n) is 2.31. The molecule has 0 aliphatic heterocycles. The van der Waals surface area contributed by atoms with Crippen molar-refractivity contribution in [3.8, 4) is 10.4 Å². The molecule has 1 aromatic carbocycles. The van der Waals surface area contributed by atoms with E-state index in [1.54, 1.807) is 11.3 Å². The molecule has 0 unspecified atom stereocenters. The number of rotatable bonds is 4. The van der Waals surface area contributed by atoms with Crippen molar-refractivity contribution in [1.29, 1.82) is 0 Å². The van der Waals surface area contributed by atoms with Gasteiger partial charge in [0, 0.05) is 22.8 Å². The lowest BCUT2D eigenvalue weighted by Crippen LogP contribution is -2.07. The van der Waals surface area contributed by atoms with Gasteiger partial charge in [0.25, 0.3) is 0 Å². The van der Waals surface area contributed by atoms with E-state index in [9.17, 15) is 0 Å². The van der Waals surface area contributed by atoms with Gasteiger partial charge in [-0.25, -0.2) is 4.98 Å². The Morgan fingerprint density at radius 2 is 2.12 bits per heavy atom. The third kappa shape index (κ3) is 3.30. The summed E-state index contributed by atoms with van der Waals surface area (Å²) < 4.78 is 1.11. The maximum atomic E-state index is 4.39. The van der Waals surface area contributed by atoms with Crippen LogP contribution in [0.25, 0.3) is 10.4 Å². The number of thiazole rings is 1. The van der Waals surface area contributed by atoms with Gasteiger partial charge in [-0.1, -0.05) is 59.3 Å². The predicted octanol–water partition coefficient (Wildman–Crippen LogP) is 4.64. The Hall–Kier alpha value is -0.870. The fraction of sp³-hybridized carbons (Fsp3) is 0.308. The minimum absolute atomic E-state index is 0.630. The molecule has 0 saturated carbocycles. The minimum atomic E-state index is 0.630. The van der Waals surface area contributed by atoms with Crippen LogP contribution in [0.2, 0.25) is 0 Å². The average molecular weight is 311 g/mol. The first-order valence-electron chi connectivity index (χ1n) is 5.61. The van der Waals surface area contributed by atoms with Crippen LogP contribution in [-0.4, -0.2) is 11.5 Å². The SMILES string of the molecule is CC(C)CNc1ncc(-c2ccccc2Br)s1. The molecule has 1 aromatic heterocycles. The summed E-state index contributed by atoms with van der Waals surface area (Å²) in [5.74, 6) is 0.630. The molecule has 17 heavy (non-hydrogen) atoms. The summed E-state index contributed by atoms with van der Waals surface area (Å²) in [6.45, 7) is 5.34. The van der Waals surface area contributed by atoms with E-state index < -0.39 is 0 Å². The highest BCUT2D eigenvalue weighted by atomic mass is 79.9. The van der Waals surface area contributed by atoms with E-state index in [0.29, 0.717) is 5.92 Å². The number of halogens is 1. The van der Waals surface area contributed by atoms with Crippen LogP contribution in [0.3, 0.4) is 0 Å². The molecule has 0 saturated heterocycles. The van der Waals surface area contributed by atoms with Crippen LogP contribution in [-0.2, 0) is 0 Å². The summed E-state index contributed by atoms with van der Waals surface area (Å²) in [5.41, 5.74) is 1.20. The molecule has 2 aromatic rings. The van der Waals surface area contributed by atoms with E-state index in [1.165, 1.54) is 10.4 Å². The number of anilines is 1. The molecular formula is C13H15BrN2S. The fourth-order valence-electron chi connectivity index (χ4n) is 1.43. The molecule has 2 nitrogen and oxygen atoms in total. The van der Waals surface area contributed by atoms with Gasteiger partial charge in [0.1, 0.15) is 0 Å². The van der Waals surface area contributed by atoms with Crippen LogP contribution in [0, 0.1) is 5.92 Å². The normalized spacial score (nSPS) is 10.8. The van der Waals surface area contributed by atoms with Crippen LogP contribution in [0.1, 0.15) is 13.8 Å². The number of nitrogens with one attached hydrogen (secondary N) is 1. The Kier molecular flexibility index (Phi) is 4.18. The zero-order chi connectivity index (χ0) is 12.3. The minimum Gasteiger partial charge on any atom is -0.361 e. The van der Waals surface area contributed by atoms with Crippen molar-refractivity contribution in [2.45, 2.75) is 13.8 Å². The summed E-state index contributed by atoms with van der Waals surface area (Å²) in [5, 5.41) is 4.34. The van der Waals surface area contributed by atoms with Gasteiger partial charge in [0.05, 0.1) is 4.88 Å². The van der Waals surface area contributed by atoms with Gasteiger partial charge in [-0.3, -0.25) is 0 Å². The van der Waals surface area contributed by atoms with E-state index >= 15 is 0 Å². The predicted molar refractivity (Wildman–Crippen MR) is 78.6 cm³/mol. The second kappa shape index (κ2) is 5.65. The largest absolute Gasteiger partial charge is 0.361 e. The van der Waals surface area contributed by atoms with Gasteiger partial charge in [0.15, 0.2) is 5.13 Å². The summed E-state index contributed by atoms with van der Waals surface area (Å²) in [6, 6.07) is 8.22. The molecule has 4 heteroatoms. The van der Waals surface area contributed by atoms with Gasteiger partial charge in [-0.05, 0) is 12.0 Å². The van der Waals surface area contributed by atoms with Crippen LogP contribution < -0.4 is 5.32 Å². The van der Waals surface area contributed by atoms with Crippen LogP contribution in [0.4, 0.5) is 5.13 Å². The van der Waals surface area contributed by atoms with Crippen molar-refractivity contribution in [3.05, 3.63) is 34.9 Å². The topological polar surface area (TPSA) is 24.9 Å². The van der Waals surface area contributed by atoms with Gasteiger partial charge in [-0.2, -0.15) is 0 Å². The van der Waals surface area contributed by atoms with Crippen LogP contribution in [0.15, 0.2) is 34.9 Å². The molecule has 0 atom stereocenters. The lowest BCUT2D eigenvalue weighted by atomic mass is 10.2. The quantitative estimate of drug-likeness (QED) is 0.889. The molecule has 0 bridgehead atoms. The first kappa shape index (κ1) is 12.6. The molecule has 0 spiro atoms. The molecular weight excluding hydrogens is 296 g/mol. The Morgan fingerprint density at radius 1 is 1.35 bits per heavy atom. The highest BCUT2D eigenvalue weighted by Gasteiger charge is 2.07. The molecule has 1 N–H and O–H groups in total. The van der Waals surface area contributed by atoms with Crippen molar-refractivity contribution in [1.82, 2.24) is 4.98 Å². The second-order valence-corrected chi connectivity index (χ2v) is 6.17. The van der Waals surface area contributed by atoms with E-state index in [0.717, 1.165) is 16.1 Å². The molecule has 0 fully saturated rings. The molecule has 0 radical (unpaired) electrons. The lowest BCUT2D eigenvalue weighted by molar-refractivity contribution is 0.688. The summed E-state index contributed by atoms with van der Waals surface area (Å²) >= 11 is 5.25.